The number of hydrogen-bond acceptors (Lipinski definition) is 5. The van der Waals surface area contributed by atoms with Gasteiger partial charge >= 0.3 is 170 Å². The predicted molar refractivity (Wildman–Crippen MR) is 112 cm³/mol. The maximum absolute atomic E-state index is 5.34. The Bertz CT molecular complexity index is 1080. The number of ether oxygens (including phenoxy) is 2. The molecule has 0 spiro atoms. The fourth-order valence-electron chi connectivity index (χ4n) is 2.98. The molecule has 0 radical (unpaired) electrons. The van der Waals surface area contributed by atoms with Gasteiger partial charge in [0.1, 0.15) is 0 Å². The van der Waals surface area contributed by atoms with Crippen molar-refractivity contribution in [3.8, 4) is 23.0 Å². The molecule has 2 aromatic heterocycles. The molecule has 7 heteroatoms. The van der Waals surface area contributed by atoms with Crippen LogP contribution in [-0.4, -0.2) is 50.1 Å². The Kier molecular flexibility index (Phi) is 5.58. The molecule has 142 valence electrons. The van der Waals surface area contributed by atoms with E-state index in [4.69, 9.17) is 9.47 Å². The first-order chi connectivity index (χ1) is 13.7. The Hall–Kier alpha value is -2.85. The number of nitrogens with one attached hydrogen (secondary N) is 1. The van der Waals surface area contributed by atoms with E-state index in [9.17, 15) is 0 Å². The van der Waals surface area contributed by atoms with Gasteiger partial charge in [0.15, 0.2) is 0 Å². The van der Waals surface area contributed by atoms with Crippen molar-refractivity contribution in [1.29, 1.82) is 0 Å². The van der Waals surface area contributed by atoms with E-state index in [0.29, 0.717) is 6.01 Å². The Balaban J connectivity index is 1.51. The van der Waals surface area contributed by atoms with E-state index in [1.807, 2.05) is 24.4 Å². The van der Waals surface area contributed by atoms with Crippen molar-refractivity contribution >= 4 is 31.1 Å². The molecule has 2 aromatic carbocycles. The van der Waals surface area contributed by atoms with Gasteiger partial charge in [0, 0.05) is 0 Å². The van der Waals surface area contributed by atoms with Crippen molar-refractivity contribution in [2.75, 3.05) is 14.2 Å². The van der Waals surface area contributed by atoms with E-state index in [0.717, 1.165) is 44.0 Å². The van der Waals surface area contributed by atoms with Gasteiger partial charge in [0.05, 0.1) is 0 Å². The summed E-state index contributed by atoms with van der Waals surface area (Å²) >= 11 is -0.401. The van der Waals surface area contributed by atoms with Crippen molar-refractivity contribution in [1.82, 2.24) is 20.2 Å². The van der Waals surface area contributed by atoms with Crippen LogP contribution in [0.3, 0.4) is 0 Å². The van der Waals surface area contributed by atoms with Gasteiger partial charge in [-0.2, -0.15) is 0 Å². The van der Waals surface area contributed by atoms with E-state index in [2.05, 4.69) is 50.5 Å². The van der Waals surface area contributed by atoms with Crippen LogP contribution in [0.2, 0.25) is 5.21 Å². The summed E-state index contributed by atoms with van der Waals surface area (Å²) in [7, 11) is 3.30. The SMILES string of the molecule is COc1ccc(CC[AsH]c2cc(-c3ccc4cn[nH]c4c3)nc(OC)n2)cc1. The summed E-state index contributed by atoms with van der Waals surface area (Å²) < 4.78 is 11.7. The van der Waals surface area contributed by atoms with Gasteiger partial charge in [-0.3, -0.25) is 0 Å². The molecule has 0 saturated heterocycles. The molecule has 28 heavy (non-hydrogen) atoms. The van der Waals surface area contributed by atoms with Crippen LogP contribution in [0, 0.1) is 0 Å². The first-order valence-electron chi connectivity index (χ1n) is 8.98. The van der Waals surface area contributed by atoms with Crippen LogP contribution in [0.1, 0.15) is 5.56 Å². The molecule has 1 atom stereocenters. The van der Waals surface area contributed by atoms with Crippen molar-refractivity contribution < 1.29 is 9.47 Å². The summed E-state index contributed by atoms with van der Waals surface area (Å²) in [5.74, 6) is 0.888. The van der Waals surface area contributed by atoms with Gasteiger partial charge in [-0.25, -0.2) is 0 Å². The molecule has 6 nitrogen and oxygen atoms in total. The number of nitrogens with zero attached hydrogens (tertiary/aromatic N) is 3. The zero-order chi connectivity index (χ0) is 19.3. The Morgan fingerprint density at radius 1 is 0.964 bits per heavy atom. The third-order valence-corrected chi connectivity index (χ3v) is 6.85. The first-order valence-corrected chi connectivity index (χ1v) is 11.5. The molecule has 0 bridgehead atoms. The number of benzene rings is 2. The average molecular weight is 436 g/mol. The molecule has 4 aromatic rings. The summed E-state index contributed by atoms with van der Waals surface area (Å²) in [6.45, 7) is 0. The fraction of sp³-hybridized carbons (Fsp3) is 0.190. The topological polar surface area (TPSA) is 72.9 Å². The third kappa shape index (κ3) is 4.18. The van der Waals surface area contributed by atoms with E-state index in [1.54, 1.807) is 14.2 Å². The second-order valence-corrected chi connectivity index (χ2v) is 9.19. The summed E-state index contributed by atoms with van der Waals surface area (Å²) in [5, 5.41) is 9.29. The molecule has 2 heterocycles. The molecule has 0 aliphatic rings. The summed E-state index contributed by atoms with van der Waals surface area (Å²) in [5.41, 5.74) is 4.22. The minimum absolute atomic E-state index is 0.401. The van der Waals surface area contributed by atoms with E-state index < -0.39 is 15.8 Å². The van der Waals surface area contributed by atoms with Crippen LogP contribution in [0.15, 0.2) is 54.7 Å². The van der Waals surface area contributed by atoms with Crippen molar-refractivity contribution in [2.45, 2.75) is 11.6 Å². The van der Waals surface area contributed by atoms with Gasteiger partial charge in [-0.1, -0.05) is 0 Å². The zero-order valence-corrected chi connectivity index (χ0v) is 17.9. The average Bonchev–Trinajstić information content (AvgIpc) is 3.22. The number of aromatic nitrogens is 4. The van der Waals surface area contributed by atoms with Crippen molar-refractivity contribution in [3.63, 3.8) is 0 Å². The van der Waals surface area contributed by atoms with Crippen LogP contribution < -0.4 is 14.0 Å². The van der Waals surface area contributed by atoms with Crippen LogP contribution in [0.25, 0.3) is 22.2 Å². The summed E-state index contributed by atoms with van der Waals surface area (Å²) in [6.07, 6.45) is 2.85. The molecule has 1 N–H and O–H groups in total. The number of rotatable bonds is 7. The molecule has 0 aliphatic carbocycles. The number of aryl methyl sites for hydroxylation is 1. The number of aromatic amines is 1. The maximum atomic E-state index is 5.34. The molecule has 0 aliphatic heterocycles. The minimum atomic E-state index is -0.401. The van der Waals surface area contributed by atoms with Crippen LogP contribution in [-0.2, 0) is 6.42 Å². The molecule has 0 saturated carbocycles. The van der Waals surface area contributed by atoms with Gasteiger partial charge in [0.25, 0.3) is 0 Å². The molecular weight excluding hydrogens is 415 g/mol. The summed E-state index contributed by atoms with van der Waals surface area (Å²) in [4.78, 5) is 9.11. The third-order valence-electron chi connectivity index (χ3n) is 4.50. The van der Waals surface area contributed by atoms with E-state index in [-0.39, 0.29) is 0 Å². The Morgan fingerprint density at radius 2 is 1.82 bits per heavy atom. The molecular formula is C21H21AsN4O2. The van der Waals surface area contributed by atoms with Gasteiger partial charge in [0.2, 0.25) is 0 Å². The Labute approximate surface area is 170 Å². The van der Waals surface area contributed by atoms with Crippen LogP contribution in [0.4, 0.5) is 0 Å². The first kappa shape index (κ1) is 18.5. The molecule has 0 fully saturated rings. The second-order valence-electron chi connectivity index (χ2n) is 6.32. The fourth-order valence-corrected chi connectivity index (χ4v) is 5.25. The standard InChI is InChI=1S/C21H21AsN4O2/c1-27-17-7-3-14(4-8-17)9-10-22-20-12-18(24-21(25-20)28-2)15-5-6-16-13-23-26-19(16)11-15/h3-8,11-13,22H,9-10H2,1-2H3,(H,23,26). The van der Waals surface area contributed by atoms with Gasteiger partial charge in [-0.15, -0.1) is 0 Å². The van der Waals surface area contributed by atoms with Crippen LogP contribution in [0.5, 0.6) is 11.8 Å². The summed E-state index contributed by atoms with van der Waals surface area (Å²) in [6, 6.07) is 16.9. The molecule has 0 amide bonds. The predicted octanol–water partition coefficient (Wildman–Crippen LogP) is 2.76. The van der Waals surface area contributed by atoms with Gasteiger partial charge < -0.3 is 0 Å². The van der Waals surface area contributed by atoms with Crippen molar-refractivity contribution in [2.24, 2.45) is 0 Å². The zero-order valence-electron chi connectivity index (χ0n) is 15.8. The van der Waals surface area contributed by atoms with Crippen LogP contribution >= 0.6 is 0 Å². The number of fused-ring (bicyclic) bond motifs is 1. The number of hydrogen-bond donors (Lipinski definition) is 1. The van der Waals surface area contributed by atoms with E-state index in [1.165, 1.54) is 5.56 Å². The molecule has 1 unspecified atom stereocenters. The second kappa shape index (κ2) is 8.44. The Morgan fingerprint density at radius 3 is 2.61 bits per heavy atom. The quantitative estimate of drug-likeness (QED) is 0.451. The molecule has 4 rings (SSSR count). The van der Waals surface area contributed by atoms with Crippen molar-refractivity contribution in [3.05, 3.63) is 60.3 Å². The normalized spacial score (nSPS) is 11.4. The van der Waals surface area contributed by atoms with Gasteiger partial charge in [-0.05, 0) is 0 Å². The number of H-pyrrole nitrogens is 1. The monoisotopic (exact) mass is 436 g/mol. The number of methoxy groups -OCH3 is 2. The van der Waals surface area contributed by atoms with E-state index >= 15 is 0 Å².